The van der Waals surface area contributed by atoms with Gasteiger partial charge in [0.1, 0.15) is 18.2 Å². The summed E-state index contributed by atoms with van der Waals surface area (Å²) in [6.45, 7) is 4.64. The second-order valence-electron chi connectivity index (χ2n) is 6.69. The Balaban J connectivity index is 1.28. The summed E-state index contributed by atoms with van der Waals surface area (Å²) < 4.78 is 13.3. The number of amides is 1. The summed E-state index contributed by atoms with van der Waals surface area (Å²) in [5, 5.41) is 10.4. The summed E-state index contributed by atoms with van der Waals surface area (Å²) in [6, 6.07) is 11.0. The normalized spacial score (nSPS) is 17.6. The SMILES string of the molecule is Cc1ccn(-c2cc(NCCNC(=O)C3Oc4ccccc4OC3C)ncn2)n1. The van der Waals surface area contributed by atoms with E-state index >= 15 is 0 Å². The highest BCUT2D eigenvalue weighted by Crippen LogP contribution is 2.33. The molecular weight excluding hydrogens is 372 g/mol. The average Bonchev–Trinajstić information content (AvgIpc) is 3.17. The summed E-state index contributed by atoms with van der Waals surface area (Å²) in [6.07, 6.45) is 2.24. The maximum Gasteiger partial charge on any atom is 0.265 e. The van der Waals surface area contributed by atoms with Gasteiger partial charge in [-0.1, -0.05) is 12.1 Å². The first-order valence-corrected chi connectivity index (χ1v) is 9.39. The minimum atomic E-state index is -0.696. The number of hydrogen-bond donors (Lipinski definition) is 2. The molecule has 3 heterocycles. The standard InChI is InChI=1S/C20H22N6O3/c1-13-7-10-26(25-13)18-11-17(23-12-24-18)21-8-9-22-20(27)19-14(2)28-15-5-3-4-6-16(15)29-19/h3-7,10-12,14,19H,8-9H2,1-2H3,(H,22,27)(H,21,23,24). The molecule has 2 atom stereocenters. The third-order valence-corrected chi connectivity index (χ3v) is 4.44. The molecule has 0 saturated heterocycles. The van der Waals surface area contributed by atoms with Crippen molar-refractivity contribution in [2.24, 2.45) is 0 Å². The molecule has 0 aliphatic carbocycles. The zero-order valence-electron chi connectivity index (χ0n) is 16.2. The molecule has 0 bridgehead atoms. The van der Waals surface area contributed by atoms with E-state index < -0.39 is 6.10 Å². The van der Waals surface area contributed by atoms with Gasteiger partial charge >= 0.3 is 0 Å². The molecule has 2 aromatic heterocycles. The number of anilines is 1. The summed E-state index contributed by atoms with van der Waals surface area (Å²) in [5.74, 6) is 2.32. The quantitative estimate of drug-likeness (QED) is 0.614. The van der Waals surface area contributed by atoms with E-state index in [4.69, 9.17) is 9.47 Å². The highest BCUT2D eigenvalue weighted by molar-refractivity contribution is 5.82. The van der Waals surface area contributed by atoms with E-state index in [0.717, 1.165) is 5.69 Å². The van der Waals surface area contributed by atoms with Crippen LogP contribution in [0.1, 0.15) is 12.6 Å². The third-order valence-electron chi connectivity index (χ3n) is 4.44. The Kier molecular flexibility index (Phi) is 5.28. The second-order valence-corrected chi connectivity index (χ2v) is 6.69. The first kappa shape index (κ1) is 18.7. The molecule has 0 fully saturated rings. The lowest BCUT2D eigenvalue weighted by atomic mass is 10.1. The van der Waals surface area contributed by atoms with Crippen LogP contribution in [0.4, 0.5) is 5.82 Å². The van der Waals surface area contributed by atoms with Crippen LogP contribution in [0.5, 0.6) is 11.5 Å². The number of carbonyl (C=O) groups excluding carboxylic acids is 1. The molecule has 1 aliphatic heterocycles. The predicted octanol–water partition coefficient (Wildman–Crippen LogP) is 1.73. The summed E-state index contributed by atoms with van der Waals surface area (Å²) in [4.78, 5) is 20.9. The van der Waals surface area contributed by atoms with Crippen molar-refractivity contribution < 1.29 is 14.3 Å². The minimum Gasteiger partial charge on any atom is -0.482 e. The molecular formula is C20H22N6O3. The number of benzene rings is 1. The van der Waals surface area contributed by atoms with Crippen molar-refractivity contribution in [3.05, 3.63) is 54.6 Å². The highest BCUT2D eigenvalue weighted by atomic mass is 16.6. The number of aryl methyl sites for hydroxylation is 1. The van der Waals surface area contributed by atoms with Gasteiger partial charge in [-0.3, -0.25) is 4.79 Å². The molecule has 1 aliphatic rings. The number of fused-ring (bicyclic) bond motifs is 1. The van der Waals surface area contributed by atoms with Crippen LogP contribution in [0.2, 0.25) is 0 Å². The molecule has 0 radical (unpaired) electrons. The number of para-hydroxylation sites is 2. The van der Waals surface area contributed by atoms with Crippen molar-refractivity contribution in [3.63, 3.8) is 0 Å². The van der Waals surface area contributed by atoms with Gasteiger partial charge in [-0.2, -0.15) is 5.10 Å². The Bertz CT molecular complexity index is 1010. The van der Waals surface area contributed by atoms with Gasteiger partial charge in [-0.05, 0) is 32.0 Å². The first-order valence-electron chi connectivity index (χ1n) is 9.39. The van der Waals surface area contributed by atoms with Crippen molar-refractivity contribution in [1.29, 1.82) is 0 Å². The Labute approximate surface area is 168 Å². The largest absolute Gasteiger partial charge is 0.482 e. The summed E-state index contributed by atoms with van der Waals surface area (Å²) in [7, 11) is 0. The topological polar surface area (TPSA) is 103 Å². The Morgan fingerprint density at radius 3 is 2.69 bits per heavy atom. The van der Waals surface area contributed by atoms with Crippen LogP contribution in [0.15, 0.2) is 48.9 Å². The number of nitrogens with one attached hydrogen (secondary N) is 2. The van der Waals surface area contributed by atoms with E-state index in [0.29, 0.717) is 36.2 Å². The van der Waals surface area contributed by atoms with Crippen molar-refractivity contribution in [2.75, 3.05) is 18.4 Å². The van der Waals surface area contributed by atoms with Crippen LogP contribution in [-0.2, 0) is 4.79 Å². The van der Waals surface area contributed by atoms with Gasteiger partial charge in [0.05, 0.1) is 5.69 Å². The molecule has 9 heteroatoms. The Morgan fingerprint density at radius 1 is 1.14 bits per heavy atom. The number of carbonyl (C=O) groups is 1. The molecule has 0 spiro atoms. The third kappa shape index (κ3) is 4.29. The maximum atomic E-state index is 12.5. The van der Waals surface area contributed by atoms with Crippen molar-refractivity contribution in [3.8, 4) is 17.3 Å². The fourth-order valence-corrected chi connectivity index (χ4v) is 2.99. The van der Waals surface area contributed by atoms with E-state index in [9.17, 15) is 4.79 Å². The van der Waals surface area contributed by atoms with E-state index in [1.54, 1.807) is 16.8 Å². The molecule has 0 saturated carbocycles. The molecule has 4 rings (SSSR count). The fourth-order valence-electron chi connectivity index (χ4n) is 2.99. The molecule has 3 aromatic rings. The number of hydrogen-bond acceptors (Lipinski definition) is 7. The number of aromatic nitrogens is 4. The average molecular weight is 394 g/mol. The lowest BCUT2D eigenvalue weighted by Gasteiger charge is -2.31. The van der Waals surface area contributed by atoms with Crippen LogP contribution in [-0.4, -0.2) is 51.0 Å². The van der Waals surface area contributed by atoms with Crippen molar-refractivity contribution in [2.45, 2.75) is 26.1 Å². The molecule has 1 aromatic carbocycles. The first-order chi connectivity index (χ1) is 14.1. The zero-order valence-corrected chi connectivity index (χ0v) is 16.2. The van der Waals surface area contributed by atoms with Crippen LogP contribution in [0.25, 0.3) is 5.82 Å². The Morgan fingerprint density at radius 2 is 1.93 bits per heavy atom. The summed E-state index contributed by atoms with van der Waals surface area (Å²) in [5.41, 5.74) is 0.909. The Hall–Kier alpha value is -3.62. The van der Waals surface area contributed by atoms with Crippen molar-refractivity contribution >= 4 is 11.7 Å². The monoisotopic (exact) mass is 394 g/mol. The van der Waals surface area contributed by atoms with Crippen molar-refractivity contribution in [1.82, 2.24) is 25.1 Å². The van der Waals surface area contributed by atoms with E-state index in [1.807, 2.05) is 44.3 Å². The van der Waals surface area contributed by atoms with Gasteiger partial charge in [-0.15, -0.1) is 0 Å². The van der Waals surface area contributed by atoms with Crippen LogP contribution < -0.4 is 20.1 Å². The van der Waals surface area contributed by atoms with E-state index in [1.165, 1.54) is 6.33 Å². The zero-order chi connectivity index (χ0) is 20.2. The second kappa shape index (κ2) is 8.17. The highest BCUT2D eigenvalue weighted by Gasteiger charge is 2.33. The number of nitrogens with zero attached hydrogens (tertiary/aromatic N) is 4. The van der Waals surface area contributed by atoms with Gasteiger partial charge in [0.25, 0.3) is 5.91 Å². The molecule has 9 nitrogen and oxygen atoms in total. The molecule has 29 heavy (non-hydrogen) atoms. The lowest BCUT2D eigenvalue weighted by Crippen LogP contribution is -2.49. The van der Waals surface area contributed by atoms with Gasteiger partial charge in [0.2, 0.25) is 6.10 Å². The van der Waals surface area contributed by atoms with E-state index in [2.05, 4.69) is 25.7 Å². The number of rotatable bonds is 6. The van der Waals surface area contributed by atoms with E-state index in [-0.39, 0.29) is 12.0 Å². The van der Waals surface area contributed by atoms with Gasteiger partial charge < -0.3 is 20.1 Å². The van der Waals surface area contributed by atoms with Crippen LogP contribution >= 0.6 is 0 Å². The molecule has 150 valence electrons. The molecule has 2 N–H and O–H groups in total. The van der Waals surface area contributed by atoms with Gasteiger partial charge in [-0.25, -0.2) is 14.6 Å². The molecule has 2 unspecified atom stereocenters. The minimum absolute atomic E-state index is 0.218. The summed E-state index contributed by atoms with van der Waals surface area (Å²) >= 11 is 0. The molecule has 1 amide bonds. The fraction of sp³-hybridized carbons (Fsp3) is 0.300. The maximum absolute atomic E-state index is 12.5. The van der Waals surface area contributed by atoms with Gasteiger partial charge in [0, 0.05) is 25.4 Å². The number of ether oxygens (including phenoxy) is 2. The predicted molar refractivity (Wildman–Crippen MR) is 106 cm³/mol. The van der Waals surface area contributed by atoms with Gasteiger partial charge in [0.15, 0.2) is 17.3 Å². The van der Waals surface area contributed by atoms with Crippen LogP contribution in [0, 0.1) is 6.92 Å². The van der Waals surface area contributed by atoms with Crippen LogP contribution in [0.3, 0.4) is 0 Å². The lowest BCUT2D eigenvalue weighted by molar-refractivity contribution is -0.133. The smallest absolute Gasteiger partial charge is 0.265 e.